The van der Waals surface area contributed by atoms with Crippen molar-refractivity contribution in [1.82, 2.24) is 10.1 Å². The van der Waals surface area contributed by atoms with Crippen LogP contribution < -0.4 is 4.74 Å². The van der Waals surface area contributed by atoms with Crippen molar-refractivity contribution in [3.63, 3.8) is 0 Å². The molecule has 1 amide bonds. The number of carbonyl (C=O) groups is 1. The van der Waals surface area contributed by atoms with Gasteiger partial charge in [-0.05, 0) is 12.1 Å². The summed E-state index contributed by atoms with van der Waals surface area (Å²) >= 11 is 0. The lowest BCUT2D eigenvalue weighted by atomic mass is 10.1. The van der Waals surface area contributed by atoms with Crippen LogP contribution in [0.5, 0.6) is 5.75 Å². The van der Waals surface area contributed by atoms with Gasteiger partial charge in [0.1, 0.15) is 24.2 Å². The van der Waals surface area contributed by atoms with E-state index in [1.807, 2.05) is 18.2 Å². The first-order valence-corrected chi connectivity index (χ1v) is 7.34. The van der Waals surface area contributed by atoms with E-state index in [0.29, 0.717) is 18.9 Å². The molecule has 0 aliphatic carbocycles. The van der Waals surface area contributed by atoms with Crippen molar-refractivity contribution in [3.8, 4) is 5.75 Å². The zero-order valence-corrected chi connectivity index (χ0v) is 12.6. The SMILES string of the molecule is O=C(c1ccon1)N1CCOCC(O)(COc2ccccc2)C1. The van der Waals surface area contributed by atoms with Crippen LogP contribution in [-0.2, 0) is 4.74 Å². The third-order valence-corrected chi connectivity index (χ3v) is 3.56. The Labute approximate surface area is 133 Å². The standard InChI is InChI=1S/C16H18N2O5/c19-15(14-6-8-23-17-14)18-7-9-21-11-16(20,10-18)12-22-13-4-2-1-3-5-13/h1-6,8,20H,7,9-12H2. The van der Waals surface area contributed by atoms with Crippen molar-refractivity contribution in [2.75, 3.05) is 32.9 Å². The largest absolute Gasteiger partial charge is 0.490 e. The van der Waals surface area contributed by atoms with Crippen LogP contribution in [0.15, 0.2) is 47.2 Å². The van der Waals surface area contributed by atoms with Gasteiger partial charge in [0, 0.05) is 12.6 Å². The minimum absolute atomic E-state index is 0.0274. The summed E-state index contributed by atoms with van der Waals surface area (Å²) in [6, 6.07) is 10.7. The van der Waals surface area contributed by atoms with Gasteiger partial charge in [0.05, 0.1) is 19.8 Å². The van der Waals surface area contributed by atoms with Crippen molar-refractivity contribution >= 4 is 5.91 Å². The molecule has 7 nitrogen and oxygen atoms in total. The average molecular weight is 318 g/mol. The smallest absolute Gasteiger partial charge is 0.276 e. The fraction of sp³-hybridized carbons (Fsp3) is 0.375. The van der Waals surface area contributed by atoms with Gasteiger partial charge in [-0.15, -0.1) is 0 Å². The highest BCUT2D eigenvalue weighted by Gasteiger charge is 2.36. The van der Waals surface area contributed by atoms with Crippen molar-refractivity contribution in [2.24, 2.45) is 0 Å². The van der Waals surface area contributed by atoms with Crippen LogP contribution in [0.4, 0.5) is 0 Å². The van der Waals surface area contributed by atoms with Crippen molar-refractivity contribution in [1.29, 1.82) is 0 Å². The molecule has 1 N–H and O–H groups in total. The van der Waals surface area contributed by atoms with Gasteiger partial charge in [-0.3, -0.25) is 4.79 Å². The molecule has 23 heavy (non-hydrogen) atoms. The molecular weight excluding hydrogens is 300 g/mol. The first kappa shape index (κ1) is 15.5. The molecule has 0 bridgehead atoms. The van der Waals surface area contributed by atoms with Gasteiger partial charge >= 0.3 is 0 Å². The maximum absolute atomic E-state index is 12.4. The third kappa shape index (κ3) is 3.88. The summed E-state index contributed by atoms with van der Waals surface area (Å²) in [4.78, 5) is 13.9. The van der Waals surface area contributed by atoms with E-state index >= 15 is 0 Å². The van der Waals surface area contributed by atoms with Crippen molar-refractivity contribution < 1.29 is 23.9 Å². The number of rotatable bonds is 4. The molecule has 1 atom stereocenters. The number of hydrogen-bond acceptors (Lipinski definition) is 6. The number of β-amino-alcohol motifs (C(OH)–C–C–N with tert-alkyl or cyclic N) is 1. The Morgan fingerprint density at radius 2 is 2.17 bits per heavy atom. The number of hydrogen-bond donors (Lipinski definition) is 1. The number of benzene rings is 1. The quantitative estimate of drug-likeness (QED) is 0.904. The normalized spacial score (nSPS) is 21.7. The molecule has 1 fully saturated rings. The molecule has 0 saturated carbocycles. The Bertz CT molecular complexity index is 631. The number of aromatic nitrogens is 1. The highest BCUT2D eigenvalue weighted by Crippen LogP contribution is 2.17. The molecule has 1 aliphatic rings. The summed E-state index contributed by atoms with van der Waals surface area (Å²) in [5.41, 5.74) is -1.08. The Balaban J connectivity index is 1.67. The second-order valence-electron chi connectivity index (χ2n) is 5.49. The lowest BCUT2D eigenvalue weighted by molar-refractivity contribution is -0.0621. The molecular formula is C16H18N2O5. The number of para-hydroxylation sites is 1. The van der Waals surface area contributed by atoms with Gasteiger partial charge in [0.25, 0.3) is 5.91 Å². The monoisotopic (exact) mass is 318 g/mol. The van der Waals surface area contributed by atoms with Gasteiger partial charge in [-0.25, -0.2) is 0 Å². The molecule has 2 heterocycles. The molecule has 1 aromatic heterocycles. The first-order chi connectivity index (χ1) is 11.2. The van der Waals surface area contributed by atoms with Gasteiger partial charge < -0.3 is 24.0 Å². The summed E-state index contributed by atoms with van der Waals surface area (Å²) in [5, 5.41) is 14.4. The fourth-order valence-corrected chi connectivity index (χ4v) is 2.40. The molecule has 1 aliphatic heterocycles. The minimum atomic E-state index is -1.29. The average Bonchev–Trinajstić information content (AvgIpc) is 3.04. The molecule has 7 heteroatoms. The summed E-state index contributed by atoms with van der Waals surface area (Å²) in [6.45, 7) is 0.949. The van der Waals surface area contributed by atoms with Crippen LogP contribution in [0.3, 0.4) is 0 Å². The van der Waals surface area contributed by atoms with Crippen LogP contribution in [-0.4, -0.2) is 59.6 Å². The number of amides is 1. The van der Waals surface area contributed by atoms with E-state index < -0.39 is 5.60 Å². The maximum Gasteiger partial charge on any atom is 0.276 e. The molecule has 122 valence electrons. The van der Waals surface area contributed by atoms with E-state index in [9.17, 15) is 9.90 Å². The summed E-state index contributed by atoms with van der Waals surface area (Å²) in [6.07, 6.45) is 1.34. The Hall–Kier alpha value is -2.38. The fourth-order valence-electron chi connectivity index (χ4n) is 2.40. The van der Waals surface area contributed by atoms with Gasteiger partial charge in [-0.1, -0.05) is 23.4 Å². The van der Waals surface area contributed by atoms with Crippen LogP contribution in [0.2, 0.25) is 0 Å². The first-order valence-electron chi connectivity index (χ1n) is 7.34. The van der Waals surface area contributed by atoms with E-state index in [1.54, 1.807) is 12.1 Å². The van der Waals surface area contributed by atoms with Crippen LogP contribution >= 0.6 is 0 Å². The van der Waals surface area contributed by atoms with E-state index in [2.05, 4.69) is 5.16 Å². The van der Waals surface area contributed by atoms with Crippen LogP contribution in [0.1, 0.15) is 10.5 Å². The molecule has 0 radical (unpaired) electrons. The molecule has 1 saturated heterocycles. The lowest BCUT2D eigenvalue weighted by Crippen LogP contribution is -2.50. The van der Waals surface area contributed by atoms with E-state index in [1.165, 1.54) is 17.2 Å². The molecule has 0 spiro atoms. The minimum Gasteiger partial charge on any atom is -0.490 e. The predicted octanol–water partition coefficient (Wildman–Crippen LogP) is 0.957. The van der Waals surface area contributed by atoms with E-state index in [0.717, 1.165) is 0 Å². The molecule has 1 unspecified atom stereocenters. The van der Waals surface area contributed by atoms with Crippen molar-refractivity contribution in [3.05, 3.63) is 48.4 Å². The van der Waals surface area contributed by atoms with Crippen molar-refractivity contribution in [2.45, 2.75) is 5.60 Å². The van der Waals surface area contributed by atoms with E-state index in [4.69, 9.17) is 14.0 Å². The molecule has 2 aromatic rings. The molecule has 3 rings (SSSR count). The highest BCUT2D eigenvalue weighted by atomic mass is 16.5. The third-order valence-electron chi connectivity index (χ3n) is 3.56. The Morgan fingerprint density at radius 1 is 1.35 bits per heavy atom. The maximum atomic E-state index is 12.4. The number of aliphatic hydroxyl groups is 1. The summed E-state index contributed by atoms with van der Waals surface area (Å²) in [7, 11) is 0. The van der Waals surface area contributed by atoms with Crippen LogP contribution in [0, 0.1) is 0 Å². The predicted molar refractivity (Wildman–Crippen MR) is 80.1 cm³/mol. The van der Waals surface area contributed by atoms with Gasteiger partial charge in [-0.2, -0.15) is 0 Å². The second kappa shape index (κ2) is 6.80. The Kier molecular flexibility index (Phi) is 4.59. The topological polar surface area (TPSA) is 85.0 Å². The van der Waals surface area contributed by atoms with E-state index in [-0.39, 0.29) is 31.4 Å². The number of carbonyl (C=O) groups excluding carboxylic acids is 1. The zero-order chi connectivity index (χ0) is 16.1. The Morgan fingerprint density at radius 3 is 2.91 bits per heavy atom. The van der Waals surface area contributed by atoms with Gasteiger partial charge in [0.15, 0.2) is 5.69 Å². The number of nitrogens with zero attached hydrogens (tertiary/aromatic N) is 2. The second-order valence-corrected chi connectivity index (χ2v) is 5.49. The zero-order valence-electron chi connectivity index (χ0n) is 12.6. The summed E-state index contributed by atoms with van der Waals surface area (Å²) in [5.74, 6) is 0.349. The summed E-state index contributed by atoms with van der Waals surface area (Å²) < 4.78 is 15.7. The highest BCUT2D eigenvalue weighted by molar-refractivity contribution is 5.92. The van der Waals surface area contributed by atoms with Gasteiger partial charge in [0.2, 0.25) is 0 Å². The molecule has 1 aromatic carbocycles. The lowest BCUT2D eigenvalue weighted by Gasteiger charge is -2.30. The number of ether oxygens (including phenoxy) is 2. The van der Waals surface area contributed by atoms with Crippen LogP contribution in [0.25, 0.3) is 0 Å².